The van der Waals surface area contributed by atoms with Crippen LogP contribution in [0.15, 0.2) is 24.3 Å². The number of hydrogen-bond acceptors (Lipinski definition) is 7. The highest BCUT2D eigenvalue weighted by atomic mass is 16.5. The molecule has 1 aromatic carbocycles. The Morgan fingerprint density at radius 2 is 1.65 bits per heavy atom. The lowest BCUT2D eigenvalue weighted by molar-refractivity contribution is -0.134. The average molecular weight is 518 g/mol. The first kappa shape index (κ1) is 29.8. The van der Waals surface area contributed by atoms with E-state index < -0.39 is 11.9 Å². The van der Waals surface area contributed by atoms with Crippen molar-refractivity contribution in [1.82, 2.24) is 25.8 Å². The number of nitrogens with one attached hydrogen (secondary N) is 3. The molecule has 0 radical (unpaired) electrons. The van der Waals surface area contributed by atoms with Crippen molar-refractivity contribution >= 4 is 30.1 Å². The number of benzene rings is 1. The molecule has 0 aromatic heterocycles. The van der Waals surface area contributed by atoms with E-state index >= 15 is 0 Å². The third kappa shape index (κ3) is 11.4. The first-order valence-corrected chi connectivity index (χ1v) is 12.8. The molecule has 204 valence electrons. The minimum atomic E-state index is -0.771. The summed E-state index contributed by atoms with van der Waals surface area (Å²) in [5.41, 5.74) is 1.69. The molecule has 1 fully saturated rings. The van der Waals surface area contributed by atoms with Crippen LogP contribution in [0.1, 0.15) is 50.7 Å². The van der Waals surface area contributed by atoms with Crippen LogP contribution in [0.4, 0.5) is 0 Å². The summed E-state index contributed by atoms with van der Waals surface area (Å²) in [6.07, 6.45) is 3.62. The van der Waals surface area contributed by atoms with Crippen LogP contribution < -0.4 is 16.0 Å². The maximum atomic E-state index is 12.3. The fourth-order valence-corrected chi connectivity index (χ4v) is 3.86. The topological polar surface area (TPSA) is 137 Å². The quantitative estimate of drug-likeness (QED) is 0.225. The molecule has 1 saturated heterocycles. The molecule has 1 aliphatic rings. The van der Waals surface area contributed by atoms with Gasteiger partial charge in [0.25, 0.3) is 6.47 Å². The predicted molar refractivity (Wildman–Crippen MR) is 137 cm³/mol. The number of hydrogen-bond donors (Lipinski definition) is 3. The zero-order valence-electron chi connectivity index (χ0n) is 21.8. The lowest BCUT2D eigenvalue weighted by atomic mass is 10.1. The van der Waals surface area contributed by atoms with Crippen LogP contribution >= 0.6 is 0 Å². The summed E-state index contributed by atoms with van der Waals surface area (Å²) in [5.74, 6) is -0.920. The molecule has 11 heteroatoms. The van der Waals surface area contributed by atoms with Crippen LogP contribution in [0.5, 0.6) is 0 Å². The number of carbonyl (C=O) groups is 5. The van der Waals surface area contributed by atoms with E-state index in [-0.39, 0.29) is 44.0 Å². The third-order valence-corrected chi connectivity index (χ3v) is 6.11. The van der Waals surface area contributed by atoms with Gasteiger partial charge < -0.3 is 25.6 Å². The van der Waals surface area contributed by atoms with Gasteiger partial charge in [0.15, 0.2) is 0 Å². The Hall–Kier alpha value is -3.47. The minimum absolute atomic E-state index is 0.154. The van der Waals surface area contributed by atoms with Crippen molar-refractivity contribution in [1.29, 1.82) is 0 Å². The molecule has 0 spiro atoms. The van der Waals surface area contributed by atoms with Crippen molar-refractivity contribution < 1.29 is 28.7 Å². The van der Waals surface area contributed by atoms with E-state index in [1.165, 1.54) is 0 Å². The molecule has 4 amide bonds. The molecular weight excluding hydrogens is 478 g/mol. The smallest absolute Gasteiger partial charge is 0.293 e. The molecule has 3 N–H and O–H groups in total. The van der Waals surface area contributed by atoms with Gasteiger partial charge in [-0.15, -0.1) is 0 Å². The lowest BCUT2D eigenvalue weighted by Gasteiger charge is -2.34. The van der Waals surface area contributed by atoms with Gasteiger partial charge in [-0.2, -0.15) is 0 Å². The van der Waals surface area contributed by atoms with E-state index in [4.69, 9.17) is 4.74 Å². The van der Waals surface area contributed by atoms with Crippen LogP contribution in [-0.4, -0.2) is 85.2 Å². The highest BCUT2D eigenvalue weighted by molar-refractivity contribution is 5.90. The molecule has 1 aromatic rings. The molecule has 0 saturated carbocycles. The zero-order chi connectivity index (χ0) is 27.0. The third-order valence-electron chi connectivity index (χ3n) is 6.11. The van der Waals surface area contributed by atoms with Gasteiger partial charge in [0.2, 0.25) is 23.6 Å². The monoisotopic (exact) mass is 517 g/mol. The number of carbonyl (C=O) groups excluding carboxylic acids is 5. The van der Waals surface area contributed by atoms with Crippen LogP contribution in [0.2, 0.25) is 0 Å². The maximum absolute atomic E-state index is 12.3. The van der Waals surface area contributed by atoms with Crippen molar-refractivity contribution in [2.24, 2.45) is 0 Å². The van der Waals surface area contributed by atoms with E-state index in [1.54, 1.807) is 19.1 Å². The molecule has 1 atom stereocenters. The fourth-order valence-electron chi connectivity index (χ4n) is 3.86. The van der Waals surface area contributed by atoms with Gasteiger partial charge in [0.05, 0.1) is 13.1 Å². The summed E-state index contributed by atoms with van der Waals surface area (Å²) >= 11 is 0. The molecule has 0 bridgehead atoms. The van der Waals surface area contributed by atoms with Crippen LogP contribution in [0, 0.1) is 0 Å². The van der Waals surface area contributed by atoms with Crippen LogP contribution in [-0.2, 0) is 41.9 Å². The van der Waals surface area contributed by atoms with Crippen molar-refractivity contribution in [3.05, 3.63) is 35.4 Å². The summed E-state index contributed by atoms with van der Waals surface area (Å²) < 4.78 is 4.69. The van der Waals surface area contributed by atoms with E-state index in [0.29, 0.717) is 39.1 Å². The van der Waals surface area contributed by atoms with Crippen molar-refractivity contribution in [2.75, 3.05) is 39.3 Å². The normalized spacial score (nSPS) is 14.4. The highest BCUT2D eigenvalue weighted by Gasteiger charge is 2.22. The van der Waals surface area contributed by atoms with E-state index in [0.717, 1.165) is 30.4 Å². The Kier molecular flexibility index (Phi) is 13.1. The summed E-state index contributed by atoms with van der Waals surface area (Å²) in [6, 6.07) is 6.45. The summed E-state index contributed by atoms with van der Waals surface area (Å²) in [7, 11) is 0. The van der Waals surface area contributed by atoms with E-state index in [2.05, 4.69) is 22.9 Å². The van der Waals surface area contributed by atoms with Gasteiger partial charge in [0.1, 0.15) is 12.6 Å². The first-order chi connectivity index (χ1) is 17.8. The molecule has 2 rings (SSSR count). The predicted octanol–water partition coefficient (Wildman–Crippen LogP) is 0.321. The number of nitrogens with zero attached hydrogens (tertiary/aromatic N) is 2. The number of piperazine rings is 1. The van der Waals surface area contributed by atoms with Gasteiger partial charge >= 0.3 is 0 Å². The zero-order valence-corrected chi connectivity index (χ0v) is 21.8. The standard InChI is InChI=1S/C26H39N5O6/c1-3-4-5-6-25(35)31-13-11-30(12-14-31)17-24(34)27-16-23(33)29-20(2)26(36)28-15-21-7-9-22(10-8-21)18-37-19-32/h7-10,19-20H,3-6,11-18H2,1-2H3,(H,27,34)(H,28,36)(H,29,33). The van der Waals surface area contributed by atoms with Crippen molar-refractivity contribution in [3.63, 3.8) is 0 Å². The maximum Gasteiger partial charge on any atom is 0.293 e. The molecule has 1 heterocycles. The Labute approximate surface area is 218 Å². The second-order valence-corrected chi connectivity index (χ2v) is 9.12. The number of unbranched alkanes of at least 4 members (excludes halogenated alkanes) is 2. The SMILES string of the molecule is CCCCCC(=O)N1CCN(CC(=O)NCC(=O)NC(C)C(=O)NCc2ccc(COC=O)cc2)CC1. The van der Waals surface area contributed by atoms with Gasteiger partial charge in [0, 0.05) is 39.1 Å². The van der Waals surface area contributed by atoms with Gasteiger partial charge in [-0.1, -0.05) is 44.0 Å². The molecule has 0 aliphatic carbocycles. The van der Waals surface area contributed by atoms with E-state index in [1.807, 2.05) is 21.9 Å². The Morgan fingerprint density at radius 1 is 0.973 bits per heavy atom. The number of rotatable bonds is 15. The number of ether oxygens (including phenoxy) is 1. The van der Waals surface area contributed by atoms with Gasteiger partial charge in [-0.3, -0.25) is 28.9 Å². The Bertz CT molecular complexity index is 899. The minimum Gasteiger partial charge on any atom is -0.463 e. The lowest BCUT2D eigenvalue weighted by Crippen LogP contribution is -2.52. The molecular formula is C26H39N5O6. The van der Waals surface area contributed by atoms with Crippen molar-refractivity contribution in [2.45, 2.75) is 58.7 Å². The molecule has 37 heavy (non-hydrogen) atoms. The highest BCUT2D eigenvalue weighted by Crippen LogP contribution is 2.08. The molecule has 1 unspecified atom stereocenters. The van der Waals surface area contributed by atoms with Gasteiger partial charge in [-0.05, 0) is 24.5 Å². The second kappa shape index (κ2) is 16.3. The average Bonchev–Trinajstić information content (AvgIpc) is 2.90. The molecule has 1 aliphatic heterocycles. The Balaban J connectivity index is 1.61. The van der Waals surface area contributed by atoms with Gasteiger partial charge in [-0.25, -0.2) is 0 Å². The van der Waals surface area contributed by atoms with Crippen LogP contribution in [0.25, 0.3) is 0 Å². The van der Waals surface area contributed by atoms with Crippen molar-refractivity contribution in [3.8, 4) is 0 Å². The Morgan fingerprint density at radius 3 is 2.30 bits per heavy atom. The summed E-state index contributed by atoms with van der Waals surface area (Å²) in [4.78, 5) is 63.0. The largest absolute Gasteiger partial charge is 0.463 e. The van der Waals surface area contributed by atoms with Crippen LogP contribution in [0.3, 0.4) is 0 Å². The first-order valence-electron chi connectivity index (χ1n) is 12.8. The number of amides is 4. The molecule has 11 nitrogen and oxygen atoms in total. The fraction of sp³-hybridized carbons (Fsp3) is 0.577. The summed E-state index contributed by atoms with van der Waals surface area (Å²) in [6.45, 7) is 6.89. The summed E-state index contributed by atoms with van der Waals surface area (Å²) in [5, 5.41) is 7.90. The second-order valence-electron chi connectivity index (χ2n) is 9.12. The van der Waals surface area contributed by atoms with E-state index in [9.17, 15) is 24.0 Å².